The van der Waals surface area contributed by atoms with E-state index in [9.17, 15) is 45.5 Å². The van der Waals surface area contributed by atoms with Crippen LogP contribution in [0, 0.1) is 34.9 Å². The highest BCUT2D eigenvalue weighted by atomic mass is 19.2. The Labute approximate surface area is 175 Å². The number of rotatable bonds is 6. The molecule has 0 aromatic heterocycles. The number of hydrogen-bond acceptors (Lipinski definition) is 4. The zero-order chi connectivity index (χ0) is 23.7. The summed E-state index contributed by atoms with van der Waals surface area (Å²) in [5.41, 5.74) is -4.91. The molecule has 0 atom stereocenters. The van der Waals surface area contributed by atoms with Gasteiger partial charge < -0.3 is 0 Å². The molecule has 0 unspecified atom stereocenters. The SMILES string of the molecule is O=C(C(=O)c1c(F)c(F)c(C(=O)C(=O)c2ccc(F)cc2)c(F)c1F)c1ccc(F)cc1. The van der Waals surface area contributed by atoms with Gasteiger partial charge in [0.15, 0.2) is 23.3 Å². The van der Waals surface area contributed by atoms with Crippen molar-refractivity contribution in [3.63, 3.8) is 0 Å². The van der Waals surface area contributed by atoms with Gasteiger partial charge in [0.1, 0.15) is 22.8 Å². The maximum Gasteiger partial charge on any atom is 0.239 e. The largest absolute Gasteiger partial charge is 0.285 e. The molecule has 4 nitrogen and oxygen atoms in total. The molecule has 3 aromatic rings. The number of carbonyl (C=O) groups is 4. The normalized spacial score (nSPS) is 10.7. The first-order valence-electron chi connectivity index (χ1n) is 8.59. The Balaban J connectivity index is 2.06. The van der Waals surface area contributed by atoms with Crippen LogP contribution in [0.4, 0.5) is 26.3 Å². The predicted octanol–water partition coefficient (Wildman–Crippen LogP) is 4.65. The summed E-state index contributed by atoms with van der Waals surface area (Å²) in [4.78, 5) is 48.6. The average molecular weight is 450 g/mol. The summed E-state index contributed by atoms with van der Waals surface area (Å²) >= 11 is 0. The molecule has 10 heteroatoms. The molecular weight excluding hydrogens is 442 g/mol. The van der Waals surface area contributed by atoms with Crippen molar-refractivity contribution in [2.24, 2.45) is 0 Å². The van der Waals surface area contributed by atoms with Gasteiger partial charge in [-0.25, -0.2) is 26.3 Å². The maximum atomic E-state index is 14.4. The fourth-order valence-corrected chi connectivity index (χ4v) is 2.72. The van der Waals surface area contributed by atoms with E-state index in [4.69, 9.17) is 0 Å². The predicted molar refractivity (Wildman–Crippen MR) is 96.4 cm³/mol. The second kappa shape index (κ2) is 8.58. The molecule has 0 spiro atoms. The van der Waals surface area contributed by atoms with Crippen molar-refractivity contribution >= 4 is 23.1 Å². The summed E-state index contributed by atoms with van der Waals surface area (Å²) in [6.45, 7) is 0. The second-order valence-corrected chi connectivity index (χ2v) is 6.34. The number of benzene rings is 3. The Bertz CT molecular complexity index is 1150. The van der Waals surface area contributed by atoms with Crippen molar-refractivity contribution < 1.29 is 45.5 Å². The van der Waals surface area contributed by atoms with Gasteiger partial charge >= 0.3 is 0 Å². The lowest BCUT2D eigenvalue weighted by molar-refractivity contribution is 0.0803. The van der Waals surface area contributed by atoms with Crippen LogP contribution in [0.5, 0.6) is 0 Å². The van der Waals surface area contributed by atoms with E-state index in [2.05, 4.69) is 0 Å². The summed E-state index contributed by atoms with van der Waals surface area (Å²) < 4.78 is 83.7. The van der Waals surface area contributed by atoms with Gasteiger partial charge in [0.2, 0.25) is 23.1 Å². The zero-order valence-corrected chi connectivity index (χ0v) is 15.5. The molecule has 0 amide bonds. The Kier molecular flexibility index (Phi) is 6.06. The van der Waals surface area contributed by atoms with Gasteiger partial charge in [-0.1, -0.05) is 0 Å². The first-order chi connectivity index (χ1) is 15.0. The van der Waals surface area contributed by atoms with Crippen LogP contribution in [-0.4, -0.2) is 23.1 Å². The van der Waals surface area contributed by atoms with Crippen LogP contribution >= 0.6 is 0 Å². The number of Topliss-reactive ketones (excluding diaryl/α,β-unsaturated/α-hetero) is 4. The lowest BCUT2D eigenvalue weighted by Gasteiger charge is -2.10. The van der Waals surface area contributed by atoms with Crippen molar-refractivity contribution in [2.75, 3.05) is 0 Å². The van der Waals surface area contributed by atoms with Crippen molar-refractivity contribution in [1.82, 2.24) is 0 Å². The van der Waals surface area contributed by atoms with Crippen LogP contribution in [0.1, 0.15) is 41.4 Å². The summed E-state index contributed by atoms with van der Waals surface area (Å²) in [6, 6.07) is 6.26. The topological polar surface area (TPSA) is 68.3 Å². The first kappa shape index (κ1) is 22.6. The zero-order valence-electron chi connectivity index (χ0n) is 15.5. The van der Waals surface area contributed by atoms with Gasteiger partial charge in [0.05, 0.1) is 0 Å². The monoisotopic (exact) mass is 450 g/mol. The highest BCUT2D eigenvalue weighted by Crippen LogP contribution is 2.27. The van der Waals surface area contributed by atoms with Crippen molar-refractivity contribution in [3.8, 4) is 0 Å². The highest BCUT2D eigenvalue weighted by molar-refractivity contribution is 6.50. The third-order valence-electron chi connectivity index (χ3n) is 4.34. The smallest absolute Gasteiger partial charge is 0.239 e. The van der Waals surface area contributed by atoms with Crippen LogP contribution in [-0.2, 0) is 0 Å². The Morgan fingerprint density at radius 3 is 0.906 bits per heavy atom. The minimum atomic E-state index is -2.38. The van der Waals surface area contributed by atoms with Crippen molar-refractivity contribution in [3.05, 3.63) is 106 Å². The van der Waals surface area contributed by atoms with Gasteiger partial charge in [-0.3, -0.25) is 19.2 Å². The molecule has 0 bridgehead atoms. The molecule has 0 saturated heterocycles. The summed E-state index contributed by atoms with van der Waals surface area (Å²) in [5.74, 6) is -18.3. The summed E-state index contributed by atoms with van der Waals surface area (Å²) in [7, 11) is 0. The van der Waals surface area contributed by atoms with Crippen LogP contribution in [0.15, 0.2) is 48.5 Å². The first-order valence-corrected chi connectivity index (χ1v) is 8.59. The Hall–Kier alpha value is -4.08. The fourth-order valence-electron chi connectivity index (χ4n) is 2.72. The van der Waals surface area contributed by atoms with E-state index < -0.39 is 80.3 Å². The molecule has 0 heterocycles. The van der Waals surface area contributed by atoms with Gasteiger partial charge in [-0.15, -0.1) is 0 Å². The molecule has 0 N–H and O–H groups in total. The third kappa shape index (κ3) is 3.94. The number of halogens is 6. The molecular formula is C22H8F6O4. The Morgan fingerprint density at radius 1 is 0.406 bits per heavy atom. The Morgan fingerprint density at radius 2 is 0.656 bits per heavy atom. The van der Waals surface area contributed by atoms with Crippen LogP contribution in [0.3, 0.4) is 0 Å². The molecule has 0 saturated carbocycles. The summed E-state index contributed by atoms with van der Waals surface area (Å²) in [6.07, 6.45) is 0. The highest BCUT2D eigenvalue weighted by Gasteiger charge is 2.36. The fraction of sp³-hybridized carbons (Fsp3) is 0. The molecule has 3 rings (SSSR count). The van der Waals surface area contributed by atoms with E-state index in [1.54, 1.807) is 0 Å². The van der Waals surface area contributed by atoms with E-state index in [-0.39, 0.29) is 0 Å². The van der Waals surface area contributed by atoms with E-state index in [0.29, 0.717) is 0 Å². The molecule has 32 heavy (non-hydrogen) atoms. The van der Waals surface area contributed by atoms with Gasteiger partial charge in [-0.05, 0) is 48.5 Å². The summed E-state index contributed by atoms with van der Waals surface area (Å²) in [5, 5.41) is 0. The van der Waals surface area contributed by atoms with E-state index in [0.717, 1.165) is 48.5 Å². The number of ketones is 4. The molecule has 162 valence electrons. The van der Waals surface area contributed by atoms with Gasteiger partial charge in [0.25, 0.3) is 0 Å². The van der Waals surface area contributed by atoms with Crippen molar-refractivity contribution in [2.45, 2.75) is 0 Å². The van der Waals surface area contributed by atoms with Crippen LogP contribution in [0.25, 0.3) is 0 Å². The van der Waals surface area contributed by atoms with Crippen LogP contribution in [0.2, 0.25) is 0 Å². The average Bonchev–Trinajstić information content (AvgIpc) is 2.78. The lowest BCUT2D eigenvalue weighted by Crippen LogP contribution is -2.24. The van der Waals surface area contributed by atoms with Gasteiger partial charge in [-0.2, -0.15) is 0 Å². The molecule has 0 aliphatic heterocycles. The molecule has 0 radical (unpaired) electrons. The molecule has 3 aromatic carbocycles. The second-order valence-electron chi connectivity index (χ2n) is 6.34. The molecule has 0 aliphatic carbocycles. The lowest BCUT2D eigenvalue weighted by atomic mass is 9.95. The van der Waals surface area contributed by atoms with Crippen molar-refractivity contribution in [1.29, 1.82) is 0 Å². The van der Waals surface area contributed by atoms with E-state index in [1.807, 2.05) is 0 Å². The van der Waals surface area contributed by atoms with Gasteiger partial charge in [0, 0.05) is 11.1 Å². The maximum absolute atomic E-state index is 14.4. The standard InChI is InChI=1S/C22H8F6O4/c23-11-5-1-9(2-6-11)19(29)21(31)13-15(25)17(27)14(18(28)16(13)26)22(32)20(30)10-3-7-12(24)8-4-10/h1-8H. The number of hydrogen-bond donors (Lipinski definition) is 0. The molecule has 0 aliphatic rings. The minimum Gasteiger partial charge on any atom is -0.285 e. The van der Waals surface area contributed by atoms with E-state index >= 15 is 0 Å². The minimum absolute atomic E-state index is 0.525. The third-order valence-corrected chi connectivity index (χ3v) is 4.34. The quantitative estimate of drug-likeness (QED) is 0.237. The molecule has 0 fully saturated rings. The number of carbonyl (C=O) groups excluding carboxylic acids is 4. The van der Waals surface area contributed by atoms with Crippen LogP contribution < -0.4 is 0 Å². The van der Waals surface area contributed by atoms with E-state index in [1.165, 1.54) is 0 Å².